The molecule has 3 aliphatic rings. The Labute approximate surface area is 266 Å². The predicted molar refractivity (Wildman–Crippen MR) is 169 cm³/mol. The van der Waals surface area contributed by atoms with Crippen LogP contribution in [0.2, 0.25) is 0 Å². The number of nitrogens with one attached hydrogen (secondary N) is 2. The molecule has 0 saturated carbocycles. The van der Waals surface area contributed by atoms with Gasteiger partial charge in [-0.15, -0.1) is 0 Å². The van der Waals surface area contributed by atoms with Crippen molar-refractivity contribution in [3.63, 3.8) is 0 Å². The molecule has 3 aromatic carbocycles. The zero-order valence-electron chi connectivity index (χ0n) is 25.8. The molecule has 2 saturated heterocycles. The number of methoxy groups -OCH3 is 1. The largest absolute Gasteiger partial charge is 0.493 e. The van der Waals surface area contributed by atoms with Gasteiger partial charge in [0.05, 0.1) is 18.3 Å². The molecule has 2 atom stereocenters. The molecule has 2 N–H and O–H groups in total. The van der Waals surface area contributed by atoms with Gasteiger partial charge in [-0.1, -0.05) is 36.8 Å². The Balaban J connectivity index is 1.02. The molecule has 4 aromatic rings. The number of imide groups is 1. The average Bonchev–Trinajstić information content (AvgIpc) is 3.62. The normalized spacial score (nSPS) is 20.1. The summed E-state index contributed by atoms with van der Waals surface area (Å²) in [5, 5.41) is 11.2. The molecular weight excluding hydrogens is 586 g/mol. The van der Waals surface area contributed by atoms with Crippen LogP contribution in [0.4, 0.5) is 0 Å². The van der Waals surface area contributed by atoms with Crippen molar-refractivity contribution in [2.24, 2.45) is 0 Å². The van der Waals surface area contributed by atoms with E-state index in [1.54, 1.807) is 18.1 Å². The Morgan fingerprint density at radius 2 is 1.83 bits per heavy atom. The van der Waals surface area contributed by atoms with Gasteiger partial charge in [0.25, 0.3) is 5.91 Å². The van der Waals surface area contributed by atoms with Crippen molar-refractivity contribution in [3.05, 3.63) is 83.0 Å². The first-order valence-electron chi connectivity index (χ1n) is 15.8. The van der Waals surface area contributed by atoms with E-state index in [1.165, 1.54) is 0 Å². The number of H-pyrrole nitrogens is 1. The third-order valence-corrected chi connectivity index (χ3v) is 9.20. The minimum absolute atomic E-state index is 0.187. The van der Waals surface area contributed by atoms with Crippen LogP contribution in [0.15, 0.2) is 60.7 Å². The Morgan fingerprint density at radius 3 is 2.65 bits per heavy atom. The van der Waals surface area contributed by atoms with Crippen molar-refractivity contribution in [2.75, 3.05) is 20.3 Å². The zero-order chi connectivity index (χ0) is 31.6. The van der Waals surface area contributed by atoms with Crippen molar-refractivity contribution >= 4 is 28.6 Å². The lowest BCUT2D eigenvalue weighted by Gasteiger charge is -2.35. The van der Waals surface area contributed by atoms with Gasteiger partial charge in [0.1, 0.15) is 25.0 Å². The molecule has 0 bridgehead atoms. The fourth-order valence-corrected chi connectivity index (χ4v) is 6.69. The molecule has 3 amide bonds. The third kappa shape index (κ3) is 6.02. The van der Waals surface area contributed by atoms with Gasteiger partial charge < -0.3 is 19.1 Å². The SMILES string of the molecule is COc1cc2n[nH]c(CN3CCCC[C@H]3COc3ccc4c(c3)CN(C3CCC(=O)NC3=O)C4=O)c2cc1OCc1ccccc1. The van der Waals surface area contributed by atoms with E-state index in [0.29, 0.717) is 55.5 Å². The Hall–Kier alpha value is -4.90. The van der Waals surface area contributed by atoms with E-state index in [0.717, 1.165) is 53.5 Å². The van der Waals surface area contributed by atoms with Crippen LogP contribution in [0.3, 0.4) is 0 Å². The zero-order valence-corrected chi connectivity index (χ0v) is 25.8. The van der Waals surface area contributed by atoms with E-state index in [-0.39, 0.29) is 24.3 Å². The molecule has 4 heterocycles. The maximum absolute atomic E-state index is 13.1. The number of nitrogens with zero attached hydrogens (tertiary/aromatic N) is 3. The highest BCUT2D eigenvalue weighted by atomic mass is 16.5. The summed E-state index contributed by atoms with van der Waals surface area (Å²) in [5.41, 5.74) is 4.32. The number of hydrogen-bond donors (Lipinski definition) is 2. The highest BCUT2D eigenvalue weighted by Crippen LogP contribution is 2.35. The number of carbonyl (C=O) groups excluding carboxylic acids is 3. The number of benzene rings is 3. The topological polar surface area (TPSA) is 126 Å². The van der Waals surface area contributed by atoms with Gasteiger partial charge in [0.2, 0.25) is 11.8 Å². The van der Waals surface area contributed by atoms with E-state index in [4.69, 9.17) is 14.2 Å². The summed E-state index contributed by atoms with van der Waals surface area (Å²) in [6, 6.07) is 19.0. The van der Waals surface area contributed by atoms with Crippen LogP contribution in [-0.4, -0.2) is 70.1 Å². The molecule has 11 nitrogen and oxygen atoms in total. The van der Waals surface area contributed by atoms with Crippen molar-refractivity contribution in [1.82, 2.24) is 25.3 Å². The predicted octanol–water partition coefficient (Wildman–Crippen LogP) is 4.35. The smallest absolute Gasteiger partial charge is 0.255 e. The second-order valence-corrected chi connectivity index (χ2v) is 12.1. The van der Waals surface area contributed by atoms with Crippen LogP contribution < -0.4 is 19.5 Å². The monoisotopic (exact) mass is 623 g/mol. The standard InChI is InChI=1S/C35H37N5O6/c1-44-31-17-28-27(16-32(31)46-20-22-7-3-2-4-8-22)29(38-37-28)19-39-14-6-5-9-24(39)21-45-25-10-11-26-23(15-25)18-40(35(26)43)30-12-13-33(41)36-34(30)42/h2-4,7-8,10-11,15-17,24,30H,5-6,9,12-14,18-21H2,1H3,(H,37,38)(H,36,41,42)/t24-,30?/m0/s1. The van der Waals surface area contributed by atoms with E-state index >= 15 is 0 Å². The molecule has 0 spiro atoms. The number of rotatable bonds is 10. The van der Waals surface area contributed by atoms with Gasteiger partial charge in [-0.25, -0.2) is 0 Å². The number of amides is 3. The number of aromatic amines is 1. The summed E-state index contributed by atoms with van der Waals surface area (Å²) in [7, 11) is 1.63. The fraction of sp³-hybridized carbons (Fsp3) is 0.371. The Kier molecular flexibility index (Phi) is 8.32. The first-order chi connectivity index (χ1) is 22.5. The van der Waals surface area contributed by atoms with Gasteiger partial charge >= 0.3 is 0 Å². The third-order valence-electron chi connectivity index (χ3n) is 9.20. The number of aromatic nitrogens is 2. The Bertz CT molecular complexity index is 1770. The van der Waals surface area contributed by atoms with Gasteiger partial charge in [-0.3, -0.25) is 29.7 Å². The second kappa shape index (κ2) is 12.8. The minimum Gasteiger partial charge on any atom is -0.493 e. The van der Waals surface area contributed by atoms with E-state index in [2.05, 4.69) is 20.4 Å². The molecule has 1 unspecified atom stereocenters. The molecular formula is C35H37N5O6. The van der Waals surface area contributed by atoms with E-state index in [9.17, 15) is 14.4 Å². The molecule has 46 heavy (non-hydrogen) atoms. The summed E-state index contributed by atoms with van der Waals surface area (Å²) in [4.78, 5) is 41.1. The summed E-state index contributed by atoms with van der Waals surface area (Å²) >= 11 is 0. The summed E-state index contributed by atoms with van der Waals surface area (Å²) < 4.78 is 18.1. The van der Waals surface area contributed by atoms with E-state index < -0.39 is 11.9 Å². The molecule has 11 heteroatoms. The molecule has 3 aliphatic heterocycles. The maximum Gasteiger partial charge on any atom is 0.255 e. The number of hydrogen-bond acceptors (Lipinski definition) is 8. The van der Waals surface area contributed by atoms with Crippen molar-refractivity contribution < 1.29 is 28.6 Å². The second-order valence-electron chi connectivity index (χ2n) is 12.1. The van der Waals surface area contributed by atoms with Crippen LogP contribution in [0.1, 0.15) is 59.3 Å². The van der Waals surface area contributed by atoms with Crippen LogP contribution in [-0.2, 0) is 29.3 Å². The highest BCUT2D eigenvalue weighted by Gasteiger charge is 2.39. The van der Waals surface area contributed by atoms with Gasteiger partial charge in [-0.05, 0) is 61.2 Å². The van der Waals surface area contributed by atoms with Crippen LogP contribution >= 0.6 is 0 Å². The first kappa shape index (κ1) is 29.8. The molecule has 0 aliphatic carbocycles. The average molecular weight is 624 g/mol. The van der Waals surface area contributed by atoms with Gasteiger partial charge in [-0.2, -0.15) is 5.10 Å². The number of ether oxygens (including phenoxy) is 3. The molecule has 0 radical (unpaired) electrons. The van der Waals surface area contributed by atoms with Crippen molar-refractivity contribution in [2.45, 2.75) is 63.9 Å². The van der Waals surface area contributed by atoms with Crippen LogP contribution in [0.5, 0.6) is 17.2 Å². The van der Waals surface area contributed by atoms with Gasteiger partial charge in [0, 0.05) is 42.6 Å². The lowest BCUT2D eigenvalue weighted by atomic mass is 10.0. The number of piperidine rings is 2. The lowest BCUT2D eigenvalue weighted by Crippen LogP contribution is -2.52. The van der Waals surface area contributed by atoms with Crippen LogP contribution in [0.25, 0.3) is 10.9 Å². The maximum atomic E-state index is 13.1. The quantitative estimate of drug-likeness (QED) is 0.250. The van der Waals surface area contributed by atoms with E-state index in [1.807, 2.05) is 54.6 Å². The summed E-state index contributed by atoms with van der Waals surface area (Å²) in [6.07, 6.45) is 3.82. The summed E-state index contributed by atoms with van der Waals surface area (Å²) in [6.45, 7) is 2.90. The van der Waals surface area contributed by atoms with Crippen LogP contribution in [0, 0.1) is 0 Å². The molecule has 2 fully saturated rings. The first-order valence-corrected chi connectivity index (χ1v) is 15.8. The molecule has 238 valence electrons. The highest BCUT2D eigenvalue weighted by molar-refractivity contribution is 6.05. The number of fused-ring (bicyclic) bond motifs is 2. The van der Waals surface area contributed by atoms with Gasteiger partial charge in [0.15, 0.2) is 11.5 Å². The minimum atomic E-state index is -0.635. The molecule has 7 rings (SSSR count). The number of carbonyl (C=O) groups is 3. The Morgan fingerprint density at radius 1 is 0.957 bits per heavy atom. The lowest BCUT2D eigenvalue weighted by molar-refractivity contribution is -0.136. The molecule has 1 aromatic heterocycles. The van der Waals surface area contributed by atoms with Crippen molar-refractivity contribution in [3.8, 4) is 17.2 Å². The van der Waals surface area contributed by atoms with Crippen molar-refractivity contribution in [1.29, 1.82) is 0 Å². The fourth-order valence-electron chi connectivity index (χ4n) is 6.69. The number of likely N-dealkylation sites (tertiary alicyclic amines) is 1. The summed E-state index contributed by atoms with van der Waals surface area (Å²) in [5.74, 6) is 1.12.